The summed E-state index contributed by atoms with van der Waals surface area (Å²) in [4.78, 5) is 27.8. The zero-order valence-electron chi connectivity index (χ0n) is 15.3. The highest BCUT2D eigenvalue weighted by molar-refractivity contribution is 5.95. The van der Waals surface area contributed by atoms with Gasteiger partial charge >= 0.3 is 0 Å². The van der Waals surface area contributed by atoms with E-state index in [1.807, 2.05) is 30.3 Å². The summed E-state index contributed by atoms with van der Waals surface area (Å²) < 4.78 is 5.16. The maximum atomic E-state index is 12.9. The SMILES string of the molecule is O=C(NC(Cc1ccccc1)C(=O)NC1CCN(C2CC2)C1)c1ccco1. The summed E-state index contributed by atoms with van der Waals surface area (Å²) in [6.07, 6.45) is 5.41. The molecule has 1 aliphatic carbocycles. The van der Waals surface area contributed by atoms with Crippen molar-refractivity contribution < 1.29 is 14.0 Å². The van der Waals surface area contributed by atoms with Crippen LogP contribution in [0.1, 0.15) is 35.4 Å². The van der Waals surface area contributed by atoms with Gasteiger partial charge in [-0.1, -0.05) is 30.3 Å². The molecule has 2 atom stereocenters. The average molecular weight is 367 g/mol. The van der Waals surface area contributed by atoms with Gasteiger partial charge in [-0.15, -0.1) is 0 Å². The van der Waals surface area contributed by atoms with E-state index in [9.17, 15) is 9.59 Å². The van der Waals surface area contributed by atoms with Crippen LogP contribution in [0.3, 0.4) is 0 Å². The Labute approximate surface area is 158 Å². The standard InChI is InChI=1S/C21H25N3O3/c25-20(22-16-10-11-24(14-16)17-8-9-17)18(13-15-5-2-1-3-6-15)23-21(26)19-7-4-12-27-19/h1-7,12,16-18H,8-11,13-14H2,(H,22,25)(H,23,26). The molecule has 1 aromatic carbocycles. The molecule has 1 aliphatic heterocycles. The second-order valence-corrected chi connectivity index (χ2v) is 7.41. The van der Waals surface area contributed by atoms with Crippen LogP contribution in [0.5, 0.6) is 0 Å². The Morgan fingerprint density at radius 3 is 2.63 bits per heavy atom. The summed E-state index contributed by atoms with van der Waals surface area (Å²) in [6, 6.07) is 13.2. The monoisotopic (exact) mass is 367 g/mol. The Bertz CT molecular complexity index is 771. The van der Waals surface area contributed by atoms with Gasteiger partial charge in [0.25, 0.3) is 5.91 Å². The smallest absolute Gasteiger partial charge is 0.287 e. The van der Waals surface area contributed by atoms with Gasteiger partial charge in [-0.25, -0.2) is 0 Å². The number of nitrogens with zero attached hydrogens (tertiary/aromatic N) is 1. The van der Waals surface area contributed by atoms with Crippen LogP contribution in [0.25, 0.3) is 0 Å². The molecule has 1 saturated carbocycles. The van der Waals surface area contributed by atoms with Crippen molar-refractivity contribution in [2.24, 2.45) is 0 Å². The maximum absolute atomic E-state index is 12.9. The van der Waals surface area contributed by atoms with E-state index in [4.69, 9.17) is 4.42 Å². The first-order valence-electron chi connectivity index (χ1n) is 9.62. The molecule has 1 aromatic heterocycles. The normalized spacial score (nSPS) is 21.0. The molecule has 6 heteroatoms. The molecule has 2 fully saturated rings. The minimum Gasteiger partial charge on any atom is -0.459 e. The van der Waals surface area contributed by atoms with Gasteiger partial charge in [-0.2, -0.15) is 0 Å². The van der Waals surface area contributed by atoms with Crippen LogP contribution in [-0.4, -0.2) is 47.9 Å². The largest absolute Gasteiger partial charge is 0.459 e. The Kier molecular flexibility index (Phi) is 5.25. The fourth-order valence-electron chi connectivity index (χ4n) is 3.67. The first-order valence-corrected chi connectivity index (χ1v) is 9.62. The molecule has 2 heterocycles. The van der Waals surface area contributed by atoms with E-state index in [-0.39, 0.29) is 23.6 Å². The van der Waals surface area contributed by atoms with Crippen molar-refractivity contribution >= 4 is 11.8 Å². The molecule has 0 radical (unpaired) electrons. The Morgan fingerprint density at radius 1 is 1.11 bits per heavy atom. The van der Waals surface area contributed by atoms with Crippen LogP contribution in [-0.2, 0) is 11.2 Å². The van der Waals surface area contributed by atoms with E-state index in [0.717, 1.165) is 25.1 Å². The lowest BCUT2D eigenvalue weighted by Gasteiger charge is -2.21. The molecule has 2 N–H and O–H groups in total. The lowest BCUT2D eigenvalue weighted by atomic mass is 10.0. The van der Waals surface area contributed by atoms with Gasteiger partial charge in [0, 0.05) is 31.6 Å². The molecule has 0 spiro atoms. The van der Waals surface area contributed by atoms with Crippen LogP contribution >= 0.6 is 0 Å². The molecule has 1 saturated heterocycles. The molecule has 0 bridgehead atoms. The van der Waals surface area contributed by atoms with Crippen molar-refractivity contribution in [3.05, 3.63) is 60.1 Å². The number of hydrogen-bond acceptors (Lipinski definition) is 4. The first-order chi connectivity index (χ1) is 13.2. The fraction of sp³-hybridized carbons (Fsp3) is 0.429. The van der Waals surface area contributed by atoms with Crippen molar-refractivity contribution in [2.45, 2.75) is 43.8 Å². The van der Waals surface area contributed by atoms with Crippen LogP contribution in [0, 0.1) is 0 Å². The maximum Gasteiger partial charge on any atom is 0.287 e. The van der Waals surface area contributed by atoms with Crippen LogP contribution in [0.4, 0.5) is 0 Å². The van der Waals surface area contributed by atoms with E-state index in [0.29, 0.717) is 12.5 Å². The number of amides is 2. The first kappa shape index (κ1) is 17.8. The third kappa shape index (κ3) is 4.57. The van der Waals surface area contributed by atoms with Crippen molar-refractivity contribution in [2.75, 3.05) is 13.1 Å². The second kappa shape index (κ2) is 7.96. The number of hydrogen-bond donors (Lipinski definition) is 2. The minimum absolute atomic E-state index is 0.138. The zero-order valence-corrected chi connectivity index (χ0v) is 15.3. The number of carbonyl (C=O) groups excluding carboxylic acids is 2. The highest BCUT2D eigenvalue weighted by atomic mass is 16.3. The van der Waals surface area contributed by atoms with E-state index in [2.05, 4.69) is 15.5 Å². The summed E-state index contributed by atoms with van der Waals surface area (Å²) >= 11 is 0. The van der Waals surface area contributed by atoms with Gasteiger partial charge < -0.3 is 15.1 Å². The fourth-order valence-corrected chi connectivity index (χ4v) is 3.67. The molecule has 2 unspecified atom stereocenters. The van der Waals surface area contributed by atoms with Crippen molar-refractivity contribution in [1.82, 2.24) is 15.5 Å². The zero-order chi connectivity index (χ0) is 18.6. The van der Waals surface area contributed by atoms with Gasteiger partial charge in [0.05, 0.1) is 6.26 Å². The lowest BCUT2D eigenvalue weighted by Crippen LogP contribution is -2.51. The van der Waals surface area contributed by atoms with Gasteiger partial charge in [0.2, 0.25) is 5.91 Å². The number of carbonyl (C=O) groups is 2. The quantitative estimate of drug-likeness (QED) is 0.785. The van der Waals surface area contributed by atoms with Gasteiger partial charge in [0.15, 0.2) is 5.76 Å². The molecule has 2 aliphatic rings. The van der Waals surface area contributed by atoms with Crippen LogP contribution in [0.2, 0.25) is 0 Å². The Morgan fingerprint density at radius 2 is 1.93 bits per heavy atom. The van der Waals surface area contributed by atoms with E-state index in [1.165, 1.54) is 19.1 Å². The molecule has 2 aromatic rings. The molecule has 4 rings (SSSR count). The third-order valence-electron chi connectivity index (χ3n) is 5.28. The van der Waals surface area contributed by atoms with E-state index >= 15 is 0 Å². The third-order valence-corrected chi connectivity index (χ3v) is 5.28. The molecular formula is C21H25N3O3. The lowest BCUT2D eigenvalue weighted by molar-refractivity contribution is -0.123. The molecular weight excluding hydrogens is 342 g/mol. The second-order valence-electron chi connectivity index (χ2n) is 7.41. The van der Waals surface area contributed by atoms with Crippen molar-refractivity contribution in [3.8, 4) is 0 Å². The van der Waals surface area contributed by atoms with Gasteiger partial charge in [-0.05, 0) is 37.0 Å². The number of rotatable bonds is 7. The summed E-state index contributed by atoms with van der Waals surface area (Å²) in [5.41, 5.74) is 1.00. The minimum atomic E-state index is -0.639. The van der Waals surface area contributed by atoms with Crippen LogP contribution in [0.15, 0.2) is 53.1 Å². The Hall–Kier alpha value is -2.60. The molecule has 6 nitrogen and oxygen atoms in total. The number of likely N-dealkylation sites (tertiary alicyclic amines) is 1. The molecule has 27 heavy (non-hydrogen) atoms. The summed E-state index contributed by atoms with van der Waals surface area (Å²) in [5.74, 6) is -0.301. The van der Waals surface area contributed by atoms with E-state index in [1.54, 1.807) is 12.1 Å². The number of furan rings is 1. The van der Waals surface area contributed by atoms with Crippen molar-refractivity contribution in [1.29, 1.82) is 0 Å². The predicted molar refractivity (Wildman–Crippen MR) is 101 cm³/mol. The van der Waals surface area contributed by atoms with Gasteiger partial charge in [0.1, 0.15) is 6.04 Å². The highest BCUT2D eigenvalue weighted by Crippen LogP contribution is 2.29. The summed E-state index contributed by atoms with van der Waals surface area (Å²) in [5, 5.41) is 5.97. The Balaban J connectivity index is 1.41. The van der Waals surface area contributed by atoms with Gasteiger partial charge in [-0.3, -0.25) is 14.5 Å². The highest BCUT2D eigenvalue weighted by Gasteiger charge is 2.35. The predicted octanol–water partition coefficient (Wildman–Crippen LogP) is 1.97. The van der Waals surface area contributed by atoms with E-state index < -0.39 is 6.04 Å². The average Bonchev–Trinajstić information content (AvgIpc) is 3.18. The summed E-state index contributed by atoms with van der Waals surface area (Å²) in [6.45, 7) is 1.94. The topological polar surface area (TPSA) is 74.6 Å². The number of benzene rings is 1. The molecule has 142 valence electrons. The van der Waals surface area contributed by atoms with Crippen LogP contribution < -0.4 is 10.6 Å². The number of nitrogens with one attached hydrogen (secondary N) is 2. The van der Waals surface area contributed by atoms with Crippen molar-refractivity contribution in [3.63, 3.8) is 0 Å². The summed E-state index contributed by atoms with van der Waals surface area (Å²) in [7, 11) is 0. The molecule has 2 amide bonds.